The molecule has 0 heterocycles. The van der Waals surface area contributed by atoms with Gasteiger partial charge in [0, 0.05) is 12.6 Å². The normalized spacial score (nSPS) is 11.1. The van der Waals surface area contributed by atoms with Crippen LogP contribution in [0.1, 0.15) is 21.5 Å². The Hall–Kier alpha value is -3.16. The molecule has 3 rings (SSSR count). The molecule has 3 aromatic rings. The van der Waals surface area contributed by atoms with Gasteiger partial charge in [-0.15, -0.1) is 0 Å². The first kappa shape index (κ1) is 20.6. The second kappa shape index (κ2) is 8.89. The minimum absolute atomic E-state index is 0.0243. The summed E-state index contributed by atoms with van der Waals surface area (Å²) in [5, 5.41) is 0. The average Bonchev–Trinajstić information content (AvgIpc) is 2.74. The highest BCUT2D eigenvalue weighted by Gasteiger charge is 2.22. The van der Waals surface area contributed by atoms with Gasteiger partial charge < -0.3 is 0 Å². The number of carbonyl (C=O) groups is 1. The van der Waals surface area contributed by atoms with Crippen molar-refractivity contribution < 1.29 is 18.0 Å². The lowest BCUT2D eigenvalue weighted by molar-refractivity contribution is 0.0233. The number of nitrogens with one attached hydrogen (secondary N) is 1. The van der Waals surface area contributed by atoms with Gasteiger partial charge in [-0.2, -0.15) is 0 Å². The summed E-state index contributed by atoms with van der Waals surface area (Å²) in [6.07, 6.45) is 0. The lowest BCUT2D eigenvalue weighted by Crippen LogP contribution is -2.27. The number of hydrogen-bond donors (Lipinski definition) is 1. The predicted molar refractivity (Wildman–Crippen MR) is 112 cm³/mol. The number of hydroxylamine groups is 1. The predicted octanol–water partition coefficient (Wildman–Crippen LogP) is 3.68. The summed E-state index contributed by atoms with van der Waals surface area (Å²) in [5.41, 5.74) is 5.02. The molecule has 29 heavy (non-hydrogen) atoms. The summed E-state index contributed by atoms with van der Waals surface area (Å²) in [7, 11) is -2.33. The average molecular weight is 410 g/mol. The lowest BCUT2D eigenvalue weighted by atomic mass is 10.2. The SMILES string of the molecule is Cc1ccc(N(C)S(=O)(=O)c2cccc(C(=O)NOCc3ccccc3)c2)cc1. The standard InChI is InChI=1S/C22H22N2O4S/c1-17-11-13-20(14-12-17)24(2)29(26,27)21-10-6-9-19(15-21)22(25)23-28-16-18-7-4-3-5-8-18/h3-15H,16H2,1-2H3,(H,23,25). The van der Waals surface area contributed by atoms with Crippen LogP contribution in [0.5, 0.6) is 0 Å². The molecular weight excluding hydrogens is 388 g/mol. The first-order valence-electron chi connectivity index (χ1n) is 8.99. The maximum atomic E-state index is 13.0. The molecule has 0 aliphatic carbocycles. The third kappa shape index (κ3) is 5.01. The summed E-state index contributed by atoms with van der Waals surface area (Å²) in [6, 6.07) is 22.4. The van der Waals surface area contributed by atoms with E-state index in [1.54, 1.807) is 12.1 Å². The van der Waals surface area contributed by atoms with E-state index in [9.17, 15) is 13.2 Å². The van der Waals surface area contributed by atoms with Gasteiger partial charge in [0.25, 0.3) is 15.9 Å². The largest absolute Gasteiger partial charge is 0.274 e. The molecule has 0 aliphatic heterocycles. The van der Waals surface area contributed by atoms with E-state index in [-0.39, 0.29) is 17.1 Å². The quantitative estimate of drug-likeness (QED) is 0.603. The highest BCUT2D eigenvalue weighted by Crippen LogP contribution is 2.23. The second-order valence-electron chi connectivity index (χ2n) is 6.54. The van der Waals surface area contributed by atoms with Crippen LogP contribution in [0.3, 0.4) is 0 Å². The fourth-order valence-electron chi connectivity index (χ4n) is 2.67. The Morgan fingerprint density at radius 1 is 0.966 bits per heavy atom. The Morgan fingerprint density at radius 3 is 2.34 bits per heavy atom. The van der Waals surface area contributed by atoms with Crippen molar-refractivity contribution in [3.8, 4) is 0 Å². The number of amides is 1. The number of nitrogens with zero attached hydrogens (tertiary/aromatic N) is 1. The molecular formula is C22H22N2O4S. The van der Waals surface area contributed by atoms with E-state index in [1.807, 2.05) is 49.4 Å². The molecule has 0 aliphatic rings. The third-order valence-corrected chi connectivity index (χ3v) is 6.18. The van der Waals surface area contributed by atoms with Crippen molar-refractivity contribution in [3.05, 3.63) is 95.6 Å². The molecule has 0 aromatic heterocycles. The summed E-state index contributed by atoms with van der Waals surface area (Å²) < 4.78 is 27.1. The van der Waals surface area contributed by atoms with Gasteiger partial charge >= 0.3 is 0 Å². The van der Waals surface area contributed by atoms with E-state index in [2.05, 4.69) is 5.48 Å². The molecule has 0 radical (unpaired) electrons. The molecule has 0 saturated heterocycles. The Morgan fingerprint density at radius 2 is 1.66 bits per heavy atom. The van der Waals surface area contributed by atoms with Crippen LogP contribution in [-0.2, 0) is 21.5 Å². The van der Waals surface area contributed by atoms with Crippen LogP contribution < -0.4 is 9.79 Å². The summed E-state index contributed by atoms with van der Waals surface area (Å²) >= 11 is 0. The maximum Gasteiger partial charge on any atom is 0.274 e. The van der Waals surface area contributed by atoms with Gasteiger partial charge in [0.15, 0.2) is 0 Å². The van der Waals surface area contributed by atoms with Crippen LogP contribution in [0.15, 0.2) is 83.8 Å². The van der Waals surface area contributed by atoms with Crippen LogP contribution in [0.2, 0.25) is 0 Å². The van der Waals surface area contributed by atoms with Gasteiger partial charge in [-0.1, -0.05) is 54.1 Å². The number of anilines is 1. The molecule has 3 aromatic carbocycles. The van der Waals surface area contributed by atoms with Gasteiger partial charge in [-0.05, 0) is 42.8 Å². The molecule has 0 saturated carbocycles. The monoisotopic (exact) mass is 410 g/mol. The van der Waals surface area contributed by atoms with E-state index in [0.29, 0.717) is 5.69 Å². The van der Waals surface area contributed by atoms with E-state index < -0.39 is 15.9 Å². The number of carbonyl (C=O) groups excluding carboxylic acids is 1. The molecule has 0 atom stereocenters. The minimum atomic E-state index is -3.81. The van der Waals surface area contributed by atoms with Crippen LogP contribution in [0.25, 0.3) is 0 Å². The second-order valence-corrected chi connectivity index (χ2v) is 8.51. The molecule has 150 valence electrons. The number of aryl methyl sites for hydroxylation is 1. The van der Waals surface area contributed by atoms with Crippen molar-refractivity contribution in [2.45, 2.75) is 18.4 Å². The van der Waals surface area contributed by atoms with Gasteiger partial charge in [-0.3, -0.25) is 13.9 Å². The fraction of sp³-hybridized carbons (Fsp3) is 0.136. The van der Waals surface area contributed by atoms with E-state index >= 15 is 0 Å². The smallest absolute Gasteiger partial charge is 0.269 e. The van der Waals surface area contributed by atoms with E-state index in [0.717, 1.165) is 11.1 Å². The topological polar surface area (TPSA) is 75.7 Å². The van der Waals surface area contributed by atoms with E-state index in [4.69, 9.17) is 4.84 Å². The van der Waals surface area contributed by atoms with E-state index in [1.165, 1.54) is 35.6 Å². The van der Waals surface area contributed by atoms with Crippen molar-refractivity contribution in [2.24, 2.45) is 0 Å². The number of sulfonamides is 1. The molecule has 1 N–H and O–H groups in total. The summed E-state index contributed by atoms with van der Waals surface area (Å²) in [6.45, 7) is 2.14. The lowest BCUT2D eigenvalue weighted by Gasteiger charge is -2.20. The fourth-order valence-corrected chi connectivity index (χ4v) is 3.91. The molecule has 0 spiro atoms. The Labute approximate surface area is 170 Å². The van der Waals surface area contributed by atoms with Crippen molar-refractivity contribution >= 4 is 21.6 Å². The van der Waals surface area contributed by atoms with Crippen LogP contribution in [0, 0.1) is 6.92 Å². The molecule has 6 nitrogen and oxygen atoms in total. The third-order valence-electron chi connectivity index (χ3n) is 4.40. The van der Waals surface area contributed by atoms with Gasteiger partial charge in [-0.25, -0.2) is 13.9 Å². The van der Waals surface area contributed by atoms with Crippen molar-refractivity contribution in [1.82, 2.24) is 5.48 Å². The first-order valence-corrected chi connectivity index (χ1v) is 10.4. The summed E-state index contributed by atoms with van der Waals surface area (Å²) in [4.78, 5) is 17.6. The number of rotatable bonds is 7. The molecule has 7 heteroatoms. The van der Waals surface area contributed by atoms with Gasteiger partial charge in [0.2, 0.25) is 0 Å². The first-order chi connectivity index (χ1) is 13.9. The maximum absolute atomic E-state index is 13.0. The van der Waals surface area contributed by atoms with Crippen molar-refractivity contribution in [1.29, 1.82) is 0 Å². The van der Waals surface area contributed by atoms with Crippen molar-refractivity contribution in [3.63, 3.8) is 0 Å². The summed E-state index contributed by atoms with van der Waals surface area (Å²) in [5.74, 6) is -0.518. The highest BCUT2D eigenvalue weighted by atomic mass is 32.2. The molecule has 0 fully saturated rings. The Balaban J connectivity index is 1.72. The Bertz CT molecular complexity index is 1080. The molecule has 0 bridgehead atoms. The zero-order chi connectivity index (χ0) is 20.9. The highest BCUT2D eigenvalue weighted by molar-refractivity contribution is 7.92. The van der Waals surface area contributed by atoms with Crippen LogP contribution in [-0.4, -0.2) is 21.4 Å². The zero-order valence-corrected chi connectivity index (χ0v) is 17.0. The van der Waals surface area contributed by atoms with Gasteiger partial charge in [0.1, 0.15) is 0 Å². The van der Waals surface area contributed by atoms with Gasteiger partial charge in [0.05, 0.1) is 17.2 Å². The Kier molecular flexibility index (Phi) is 6.31. The minimum Gasteiger partial charge on any atom is -0.269 e. The number of hydrogen-bond acceptors (Lipinski definition) is 4. The van der Waals surface area contributed by atoms with Crippen LogP contribution >= 0.6 is 0 Å². The number of benzene rings is 3. The molecule has 1 amide bonds. The van der Waals surface area contributed by atoms with Crippen LogP contribution in [0.4, 0.5) is 5.69 Å². The zero-order valence-electron chi connectivity index (χ0n) is 16.2. The van der Waals surface area contributed by atoms with Crippen molar-refractivity contribution in [2.75, 3.05) is 11.4 Å². The molecule has 0 unspecified atom stereocenters.